The van der Waals surface area contributed by atoms with E-state index in [4.69, 9.17) is 5.73 Å². The maximum Gasteiger partial charge on any atom is 0.0890 e. The Morgan fingerprint density at radius 2 is 2.14 bits per heavy atom. The van der Waals surface area contributed by atoms with Gasteiger partial charge in [0.25, 0.3) is 0 Å². The van der Waals surface area contributed by atoms with Crippen LogP contribution in [-0.2, 0) is 0 Å². The van der Waals surface area contributed by atoms with Crippen LogP contribution in [0.25, 0.3) is 5.57 Å². The second-order valence-electron chi connectivity index (χ2n) is 3.87. The Labute approximate surface area is 84.9 Å². The van der Waals surface area contributed by atoms with Gasteiger partial charge in [-0.15, -0.1) is 0 Å². The maximum atomic E-state index is 5.92. The van der Waals surface area contributed by atoms with Crippen LogP contribution >= 0.6 is 0 Å². The first-order valence-corrected chi connectivity index (χ1v) is 5.20. The van der Waals surface area contributed by atoms with E-state index in [0.29, 0.717) is 0 Å². The van der Waals surface area contributed by atoms with Gasteiger partial charge in [-0.25, -0.2) is 0 Å². The van der Waals surface area contributed by atoms with E-state index in [-0.39, 0.29) is 0 Å². The summed E-state index contributed by atoms with van der Waals surface area (Å²) in [5, 5.41) is 0. The van der Waals surface area contributed by atoms with Gasteiger partial charge in [-0.05, 0) is 50.3 Å². The molecule has 0 fully saturated rings. The highest BCUT2D eigenvalue weighted by molar-refractivity contribution is 5.72. The van der Waals surface area contributed by atoms with E-state index >= 15 is 0 Å². The van der Waals surface area contributed by atoms with E-state index in [2.05, 4.69) is 11.1 Å². The number of pyridine rings is 1. The summed E-state index contributed by atoms with van der Waals surface area (Å²) in [5.41, 5.74) is 10.1. The zero-order valence-corrected chi connectivity index (χ0v) is 8.59. The van der Waals surface area contributed by atoms with Crippen molar-refractivity contribution in [1.82, 2.24) is 4.98 Å². The molecule has 0 aliphatic heterocycles. The van der Waals surface area contributed by atoms with E-state index in [1.165, 1.54) is 24.8 Å². The first-order valence-electron chi connectivity index (χ1n) is 5.20. The fourth-order valence-corrected chi connectivity index (χ4v) is 1.88. The largest absolute Gasteiger partial charge is 0.397 e. The molecule has 0 saturated heterocycles. The molecule has 0 amide bonds. The lowest BCUT2D eigenvalue weighted by molar-refractivity contribution is 0.740. The zero-order chi connectivity index (χ0) is 9.97. The molecular weight excluding hydrogens is 172 g/mol. The Kier molecular flexibility index (Phi) is 2.53. The summed E-state index contributed by atoms with van der Waals surface area (Å²) in [6.45, 7) is 2.01. The summed E-state index contributed by atoms with van der Waals surface area (Å²) >= 11 is 0. The van der Waals surface area contributed by atoms with E-state index < -0.39 is 0 Å². The fourth-order valence-electron chi connectivity index (χ4n) is 1.88. The van der Waals surface area contributed by atoms with Gasteiger partial charge in [0, 0.05) is 5.69 Å². The Hall–Kier alpha value is -1.31. The summed E-state index contributed by atoms with van der Waals surface area (Å²) in [7, 11) is 0. The normalized spacial score (nSPS) is 16.5. The van der Waals surface area contributed by atoms with Crippen LogP contribution in [0.5, 0.6) is 0 Å². The van der Waals surface area contributed by atoms with Crippen LogP contribution in [-0.4, -0.2) is 4.98 Å². The van der Waals surface area contributed by atoms with Crippen LogP contribution in [0, 0.1) is 6.92 Å². The molecule has 1 aromatic heterocycles. The predicted molar refractivity (Wildman–Crippen MR) is 59.8 cm³/mol. The van der Waals surface area contributed by atoms with Gasteiger partial charge in [0.15, 0.2) is 0 Å². The summed E-state index contributed by atoms with van der Waals surface area (Å²) in [6.07, 6.45) is 7.14. The SMILES string of the molecule is Cc1ccc(N)c(C2=CCCCC2)n1. The molecule has 14 heavy (non-hydrogen) atoms. The Morgan fingerprint density at radius 1 is 1.29 bits per heavy atom. The minimum absolute atomic E-state index is 0.809. The van der Waals surface area contributed by atoms with Crippen LogP contribution in [0.1, 0.15) is 37.1 Å². The van der Waals surface area contributed by atoms with E-state index in [9.17, 15) is 0 Å². The molecule has 1 aliphatic carbocycles. The molecule has 0 bridgehead atoms. The molecule has 0 saturated carbocycles. The van der Waals surface area contributed by atoms with Crippen molar-refractivity contribution in [2.45, 2.75) is 32.6 Å². The number of hydrogen-bond acceptors (Lipinski definition) is 2. The molecule has 1 aliphatic rings. The standard InChI is InChI=1S/C12H16N2/c1-9-7-8-11(13)12(14-9)10-5-3-2-4-6-10/h5,7-8H,2-4,6,13H2,1H3. The Morgan fingerprint density at radius 3 is 2.86 bits per heavy atom. The molecule has 0 aromatic carbocycles. The quantitative estimate of drug-likeness (QED) is 0.736. The summed E-state index contributed by atoms with van der Waals surface area (Å²) in [4.78, 5) is 4.50. The van der Waals surface area contributed by atoms with Crippen molar-refractivity contribution in [3.05, 3.63) is 29.6 Å². The maximum absolute atomic E-state index is 5.92. The molecule has 0 radical (unpaired) electrons. The van der Waals surface area contributed by atoms with Crippen LogP contribution in [0.4, 0.5) is 5.69 Å². The Bertz CT molecular complexity index is 367. The minimum Gasteiger partial charge on any atom is -0.397 e. The van der Waals surface area contributed by atoms with E-state index in [1.807, 2.05) is 19.1 Å². The third-order valence-corrected chi connectivity index (χ3v) is 2.66. The average Bonchev–Trinajstić information content (AvgIpc) is 2.23. The van der Waals surface area contributed by atoms with Crippen LogP contribution in [0.2, 0.25) is 0 Å². The first kappa shape index (κ1) is 9.25. The third kappa shape index (κ3) is 1.79. The lowest BCUT2D eigenvalue weighted by atomic mass is 9.96. The van der Waals surface area contributed by atoms with E-state index in [1.54, 1.807) is 0 Å². The lowest BCUT2D eigenvalue weighted by Crippen LogP contribution is -2.01. The van der Waals surface area contributed by atoms with Crippen molar-refractivity contribution in [2.24, 2.45) is 0 Å². The molecule has 2 rings (SSSR count). The number of allylic oxidation sites excluding steroid dienone is 2. The number of anilines is 1. The fraction of sp³-hybridized carbons (Fsp3) is 0.417. The van der Waals surface area contributed by atoms with Gasteiger partial charge in [0.2, 0.25) is 0 Å². The average molecular weight is 188 g/mol. The number of nitrogens with two attached hydrogens (primary N) is 1. The first-order chi connectivity index (χ1) is 6.77. The molecule has 2 nitrogen and oxygen atoms in total. The lowest BCUT2D eigenvalue weighted by Gasteiger charge is -2.14. The van der Waals surface area contributed by atoms with Crippen LogP contribution in [0.3, 0.4) is 0 Å². The highest BCUT2D eigenvalue weighted by Gasteiger charge is 2.10. The summed E-state index contributed by atoms with van der Waals surface area (Å²) < 4.78 is 0. The smallest absolute Gasteiger partial charge is 0.0890 e. The molecule has 2 N–H and O–H groups in total. The van der Waals surface area contributed by atoms with Gasteiger partial charge in [-0.2, -0.15) is 0 Å². The highest BCUT2D eigenvalue weighted by atomic mass is 14.8. The summed E-state index contributed by atoms with van der Waals surface area (Å²) in [5.74, 6) is 0. The number of aromatic nitrogens is 1. The molecule has 2 heteroatoms. The van der Waals surface area contributed by atoms with Gasteiger partial charge in [-0.1, -0.05) is 6.08 Å². The Balaban J connectivity index is 2.39. The van der Waals surface area contributed by atoms with Gasteiger partial charge in [0.1, 0.15) is 0 Å². The van der Waals surface area contributed by atoms with Crippen molar-refractivity contribution in [3.8, 4) is 0 Å². The molecule has 0 atom stereocenters. The van der Waals surface area contributed by atoms with Crippen molar-refractivity contribution >= 4 is 11.3 Å². The number of aryl methyl sites for hydroxylation is 1. The molecule has 74 valence electrons. The molecule has 0 unspecified atom stereocenters. The number of nitrogen functional groups attached to an aromatic ring is 1. The van der Waals surface area contributed by atoms with Crippen molar-refractivity contribution in [1.29, 1.82) is 0 Å². The van der Waals surface area contributed by atoms with Crippen LogP contribution in [0.15, 0.2) is 18.2 Å². The molecule has 1 heterocycles. The van der Waals surface area contributed by atoms with Crippen molar-refractivity contribution < 1.29 is 0 Å². The number of hydrogen-bond donors (Lipinski definition) is 1. The molecule has 0 spiro atoms. The van der Waals surface area contributed by atoms with Crippen molar-refractivity contribution in [3.63, 3.8) is 0 Å². The number of nitrogens with zero attached hydrogens (tertiary/aromatic N) is 1. The van der Waals surface area contributed by atoms with E-state index in [0.717, 1.165) is 23.5 Å². The topological polar surface area (TPSA) is 38.9 Å². The zero-order valence-electron chi connectivity index (χ0n) is 8.59. The highest BCUT2D eigenvalue weighted by Crippen LogP contribution is 2.28. The molecular formula is C12H16N2. The van der Waals surface area contributed by atoms with Crippen molar-refractivity contribution in [2.75, 3.05) is 5.73 Å². The molecule has 1 aromatic rings. The summed E-state index contributed by atoms with van der Waals surface area (Å²) in [6, 6.07) is 3.91. The number of rotatable bonds is 1. The van der Waals surface area contributed by atoms with Gasteiger partial charge >= 0.3 is 0 Å². The van der Waals surface area contributed by atoms with Crippen LogP contribution < -0.4 is 5.73 Å². The van der Waals surface area contributed by atoms with Gasteiger partial charge < -0.3 is 5.73 Å². The van der Waals surface area contributed by atoms with Gasteiger partial charge in [-0.3, -0.25) is 4.98 Å². The second-order valence-corrected chi connectivity index (χ2v) is 3.87. The second kappa shape index (κ2) is 3.82. The van der Waals surface area contributed by atoms with Gasteiger partial charge in [0.05, 0.1) is 11.4 Å². The third-order valence-electron chi connectivity index (χ3n) is 2.66. The predicted octanol–water partition coefficient (Wildman–Crippen LogP) is 2.93. The minimum atomic E-state index is 0.809. The monoisotopic (exact) mass is 188 g/mol.